The highest BCUT2D eigenvalue weighted by molar-refractivity contribution is 5.95. The predicted octanol–water partition coefficient (Wildman–Crippen LogP) is 15.2. The maximum absolute atomic E-state index is 2.50. The minimum absolute atomic E-state index is 0.121. The first-order valence-corrected chi connectivity index (χ1v) is 21.0. The lowest BCUT2D eigenvalue weighted by Crippen LogP contribution is -2.29. The van der Waals surface area contributed by atoms with Gasteiger partial charge in [-0.1, -0.05) is 196 Å². The van der Waals surface area contributed by atoms with E-state index in [1.54, 1.807) is 0 Å². The van der Waals surface area contributed by atoms with Crippen LogP contribution in [-0.4, -0.2) is 0 Å². The summed E-state index contributed by atoms with van der Waals surface area (Å²) in [6.07, 6.45) is 8.90. The maximum Gasteiger partial charge on any atom is 0.0714 e. The highest BCUT2D eigenvalue weighted by Gasteiger charge is 2.46. The van der Waals surface area contributed by atoms with Gasteiger partial charge in [0.25, 0.3) is 0 Å². The average molecular weight is 756 g/mol. The Hall–Kier alpha value is -6.96. The lowest BCUT2D eigenvalue weighted by molar-refractivity contribution is 0.660. The van der Waals surface area contributed by atoms with Gasteiger partial charge in [-0.2, -0.15) is 0 Å². The number of hydrogen-bond acceptors (Lipinski definition) is 1. The molecule has 1 nitrogen and oxygen atoms in total. The predicted molar refractivity (Wildman–Crippen MR) is 248 cm³/mol. The normalized spacial score (nSPS) is 15.1. The van der Waals surface area contributed by atoms with Crippen molar-refractivity contribution in [1.29, 1.82) is 0 Å². The second kappa shape index (κ2) is 13.9. The highest BCUT2D eigenvalue weighted by Crippen LogP contribution is 2.58. The number of benzene rings is 8. The number of nitrogens with zero attached hydrogens (tertiary/aromatic N) is 1. The van der Waals surface area contributed by atoms with Crippen LogP contribution in [0.15, 0.2) is 212 Å². The number of anilines is 3. The summed E-state index contributed by atoms with van der Waals surface area (Å²) in [5, 5.41) is 0. The van der Waals surface area contributed by atoms with Crippen LogP contribution in [0.2, 0.25) is 0 Å². The first-order valence-electron chi connectivity index (χ1n) is 21.0. The number of fused-ring (bicyclic) bond motifs is 6. The molecule has 0 bridgehead atoms. The highest BCUT2D eigenvalue weighted by atomic mass is 15.1. The molecule has 0 heterocycles. The molecule has 0 radical (unpaired) electrons. The third-order valence-corrected chi connectivity index (χ3v) is 13.3. The fourth-order valence-corrected chi connectivity index (χ4v) is 10.5. The molecule has 3 aliphatic carbocycles. The van der Waals surface area contributed by atoms with Crippen LogP contribution in [0.4, 0.5) is 17.1 Å². The van der Waals surface area contributed by atoms with Gasteiger partial charge >= 0.3 is 0 Å². The first kappa shape index (κ1) is 35.2. The van der Waals surface area contributed by atoms with Gasteiger partial charge in [0.15, 0.2) is 0 Å². The zero-order valence-electron chi connectivity index (χ0n) is 33.6. The van der Waals surface area contributed by atoms with Crippen LogP contribution in [0.5, 0.6) is 0 Å². The molecule has 0 amide bonds. The van der Waals surface area contributed by atoms with E-state index in [9.17, 15) is 0 Å². The van der Waals surface area contributed by atoms with Crippen LogP contribution in [0.25, 0.3) is 39.0 Å². The van der Waals surface area contributed by atoms with E-state index >= 15 is 0 Å². The van der Waals surface area contributed by atoms with E-state index in [-0.39, 0.29) is 5.41 Å². The van der Waals surface area contributed by atoms with Crippen molar-refractivity contribution in [2.75, 3.05) is 4.90 Å². The van der Waals surface area contributed by atoms with Gasteiger partial charge in [-0.3, -0.25) is 0 Å². The van der Waals surface area contributed by atoms with Crippen molar-refractivity contribution in [2.45, 2.75) is 37.5 Å². The van der Waals surface area contributed by atoms with Gasteiger partial charge in [0.1, 0.15) is 0 Å². The fraction of sp³-hybridized carbons (Fsp3) is 0.103. The molecule has 8 aromatic rings. The molecule has 0 atom stereocenters. The summed E-state index contributed by atoms with van der Waals surface area (Å²) in [6.45, 7) is 4.74. The zero-order valence-corrected chi connectivity index (χ0v) is 33.6. The van der Waals surface area contributed by atoms with E-state index in [1.807, 2.05) is 0 Å². The third kappa shape index (κ3) is 5.45. The van der Waals surface area contributed by atoms with E-state index in [2.05, 4.69) is 231 Å². The zero-order chi connectivity index (χ0) is 39.6. The standard InChI is InChI=1S/C58H45N/c1-57(2)51-26-12-11-25-50(51)56-54(57)29-16-30-55(56)59(46-37-33-43(34-38-46)41-19-7-4-8-20-41)47-22-15-21-45(39-47)58(44-35-31-42(32-36-44)40-17-5-3-6-18-40)52-27-13-9-23-48(52)49-24-10-14-28-53(49)58/h3-5,7-17,19-39H,6,18H2,1-2H3. The molecule has 8 aromatic carbocycles. The Morgan fingerprint density at radius 1 is 0.441 bits per heavy atom. The lowest BCUT2D eigenvalue weighted by atomic mass is 9.67. The van der Waals surface area contributed by atoms with Gasteiger partial charge < -0.3 is 4.90 Å². The van der Waals surface area contributed by atoms with Crippen LogP contribution < -0.4 is 4.90 Å². The first-order chi connectivity index (χ1) is 29.0. The molecule has 11 rings (SSSR count). The molecule has 1 heteroatoms. The monoisotopic (exact) mass is 755 g/mol. The van der Waals surface area contributed by atoms with Crippen molar-refractivity contribution < 1.29 is 0 Å². The summed E-state index contributed by atoms with van der Waals surface area (Å²) in [5.41, 5.74) is 21.0. The molecule has 0 aromatic heterocycles. The maximum atomic E-state index is 2.50. The van der Waals surface area contributed by atoms with E-state index < -0.39 is 5.41 Å². The van der Waals surface area contributed by atoms with Crippen LogP contribution in [-0.2, 0) is 10.8 Å². The van der Waals surface area contributed by atoms with Crippen molar-refractivity contribution in [3.8, 4) is 33.4 Å². The SMILES string of the molecule is CC1(C)c2ccccc2-c2c(N(c3ccc(-c4ccccc4)cc3)c3cccc(C4(c5ccc(C6=CC=CCC6)cc5)c5ccccc5-c5ccccc54)c3)cccc21. The Balaban J connectivity index is 1.15. The molecule has 0 fully saturated rings. The number of rotatable bonds is 7. The fourth-order valence-electron chi connectivity index (χ4n) is 10.5. The van der Waals surface area contributed by atoms with Crippen molar-refractivity contribution in [2.24, 2.45) is 0 Å². The minimum Gasteiger partial charge on any atom is -0.310 e. The average Bonchev–Trinajstić information content (AvgIpc) is 3.74. The topological polar surface area (TPSA) is 3.24 Å². The van der Waals surface area contributed by atoms with E-state index in [4.69, 9.17) is 0 Å². The molecule has 0 aliphatic heterocycles. The minimum atomic E-state index is -0.529. The molecule has 0 N–H and O–H groups in total. The lowest BCUT2D eigenvalue weighted by Gasteiger charge is -2.35. The molecule has 0 unspecified atom stereocenters. The molecule has 3 aliphatic rings. The summed E-state index contributed by atoms with van der Waals surface area (Å²) in [4.78, 5) is 2.50. The molecular formula is C58H45N. The Bertz CT molecular complexity index is 2900. The molecule has 0 saturated carbocycles. The Morgan fingerprint density at radius 2 is 1.03 bits per heavy atom. The molecule has 282 valence electrons. The van der Waals surface area contributed by atoms with Crippen molar-refractivity contribution in [1.82, 2.24) is 0 Å². The quantitative estimate of drug-likeness (QED) is 0.157. The van der Waals surface area contributed by atoms with Gasteiger partial charge in [0.05, 0.1) is 11.1 Å². The van der Waals surface area contributed by atoms with Gasteiger partial charge in [-0.15, -0.1) is 0 Å². The van der Waals surface area contributed by atoms with E-state index in [0.717, 1.165) is 24.2 Å². The van der Waals surface area contributed by atoms with Crippen LogP contribution in [0.1, 0.15) is 65.6 Å². The second-order valence-corrected chi connectivity index (χ2v) is 16.7. The molecule has 0 saturated heterocycles. The van der Waals surface area contributed by atoms with Crippen LogP contribution in [0.3, 0.4) is 0 Å². The summed E-state index contributed by atoms with van der Waals surface area (Å²) >= 11 is 0. The third-order valence-electron chi connectivity index (χ3n) is 13.3. The summed E-state index contributed by atoms with van der Waals surface area (Å²) < 4.78 is 0. The van der Waals surface area contributed by atoms with Gasteiger partial charge in [-0.25, -0.2) is 0 Å². The van der Waals surface area contributed by atoms with Crippen molar-refractivity contribution in [3.63, 3.8) is 0 Å². The Labute approximate surface area is 348 Å². The van der Waals surface area contributed by atoms with Crippen LogP contribution in [0, 0.1) is 0 Å². The molecular weight excluding hydrogens is 711 g/mol. The van der Waals surface area contributed by atoms with Crippen LogP contribution >= 0.6 is 0 Å². The van der Waals surface area contributed by atoms with Crippen molar-refractivity contribution >= 4 is 22.6 Å². The molecule has 59 heavy (non-hydrogen) atoms. The summed E-state index contributed by atoms with van der Waals surface area (Å²) in [5.74, 6) is 0. The van der Waals surface area contributed by atoms with E-state index in [0.29, 0.717) is 0 Å². The second-order valence-electron chi connectivity index (χ2n) is 16.7. The van der Waals surface area contributed by atoms with E-state index in [1.165, 1.54) is 83.6 Å². The number of hydrogen-bond donors (Lipinski definition) is 0. The summed E-state index contributed by atoms with van der Waals surface area (Å²) in [6, 6.07) is 72.7. The van der Waals surface area contributed by atoms with Crippen molar-refractivity contribution in [3.05, 3.63) is 251 Å². The smallest absolute Gasteiger partial charge is 0.0714 e. The Kier molecular flexibility index (Phi) is 8.27. The van der Waals surface area contributed by atoms with Gasteiger partial charge in [0, 0.05) is 22.4 Å². The largest absolute Gasteiger partial charge is 0.310 e. The number of allylic oxidation sites excluding steroid dienone is 4. The Morgan fingerprint density at radius 3 is 1.73 bits per heavy atom. The van der Waals surface area contributed by atoms with Gasteiger partial charge in [-0.05, 0) is 116 Å². The summed E-state index contributed by atoms with van der Waals surface area (Å²) in [7, 11) is 0. The van der Waals surface area contributed by atoms with Gasteiger partial charge in [0.2, 0.25) is 0 Å². The molecule has 0 spiro atoms.